The molecule has 0 unspecified atom stereocenters. The highest BCUT2D eigenvalue weighted by Gasteiger charge is 2.22. The molecular formula is C19H18N4O5. The van der Waals surface area contributed by atoms with Gasteiger partial charge in [0.15, 0.2) is 6.10 Å². The maximum absolute atomic E-state index is 12.4. The van der Waals surface area contributed by atoms with E-state index in [9.17, 15) is 14.9 Å². The van der Waals surface area contributed by atoms with Crippen LogP contribution in [0.3, 0.4) is 0 Å². The van der Waals surface area contributed by atoms with E-state index in [-0.39, 0.29) is 17.1 Å². The van der Waals surface area contributed by atoms with E-state index in [0.29, 0.717) is 11.6 Å². The number of nitro groups is 1. The minimum absolute atomic E-state index is 0.0517. The number of aromatic nitrogens is 2. The Balaban J connectivity index is 1.75. The number of hydrogen-bond acceptors (Lipinski definition) is 8. The predicted octanol–water partition coefficient (Wildman–Crippen LogP) is 3.91. The fourth-order valence-electron chi connectivity index (χ4n) is 2.51. The van der Waals surface area contributed by atoms with Gasteiger partial charge < -0.3 is 14.5 Å². The van der Waals surface area contributed by atoms with Gasteiger partial charge in [0.05, 0.1) is 10.5 Å². The lowest BCUT2D eigenvalue weighted by atomic mass is 10.1. The zero-order chi connectivity index (χ0) is 20.3. The molecule has 3 rings (SSSR count). The lowest BCUT2D eigenvalue weighted by Crippen LogP contribution is -2.10. The van der Waals surface area contributed by atoms with Crippen molar-refractivity contribution < 1.29 is 18.9 Å². The molecule has 9 heteroatoms. The van der Waals surface area contributed by atoms with Gasteiger partial charge in [-0.3, -0.25) is 10.1 Å². The van der Waals surface area contributed by atoms with E-state index in [4.69, 9.17) is 9.15 Å². The van der Waals surface area contributed by atoms with Crippen molar-refractivity contribution in [1.29, 1.82) is 0 Å². The van der Waals surface area contributed by atoms with Crippen LogP contribution in [0.5, 0.6) is 0 Å². The Hall–Kier alpha value is -3.75. The Bertz CT molecular complexity index is 1010. The van der Waals surface area contributed by atoms with E-state index in [0.717, 1.165) is 17.2 Å². The van der Waals surface area contributed by atoms with Crippen LogP contribution in [0.4, 0.5) is 11.4 Å². The summed E-state index contributed by atoms with van der Waals surface area (Å²) < 4.78 is 10.9. The first-order chi connectivity index (χ1) is 13.4. The molecule has 0 amide bonds. The average Bonchev–Trinajstić information content (AvgIpc) is 3.18. The first kappa shape index (κ1) is 19.0. The smallest absolute Gasteiger partial charge is 0.339 e. The molecule has 2 aromatic carbocycles. The first-order valence-corrected chi connectivity index (χ1v) is 8.46. The Kier molecular flexibility index (Phi) is 5.35. The second-order valence-electron chi connectivity index (χ2n) is 6.10. The summed E-state index contributed by atoms with van der Waals surface area (Å²) >= 11 is 0. The Labute approximate surface area is 160 Å². The Morgan fingerprint density at radius 1 is 1.21 bits per heavy atom. The van der Waals surface area contributed by atoms with E-state index in [1.165, 1.54) is 12.1 Å². The molecule has 0 fully saturated rings. The van der Waals surface area contributed by atoms with Crippen molar-refractivity contribution in [1.82, 2.24) is 10.2 Å². The van der Waals surface area contributed by atoms with Crippen LogP contribution in [0, 0.1) is 17.0 Å². The number of ether oxygens (including phenoxy) is 1. The van der Waals surface area contributed by atoms with Crippen LogP contribution in [0.1, 0.15) is 34.8 Å². The molecule has 3 aromatic rings. The van der Waals surface area contributed by atoms with Crippen LogP contribution in [0.15, 0.2) is 46.9 Å². The van der Waals surface area contributed by atoms with Gasteiger partial charge in [-0.25, -0.2) is 4.79 Å². The minimum atomic E-state index is -0.817. The lowest BCUT2D eigenvalue weighted by molar-refractivity contribution is -0.384. The predicted molar refractivity (Wildman–Crippen MR) is 101 cm³/mol. The second kappa shape index (κ2) is 7.87. The highest BCUT2D eigenvalue weighted by Crippen LogP contribution is 2.27. The summed E-state index contributed by atoms with van der Waals surface area (Å²) in [5.41, 5.74) is 1.99. The molecule has 0 aliphatic rings. The van der Waals surface area contributed by atoms with Crippen molar-refractivity contribution in [3.8, 4) is 11.5 Å². The maximum atomic E-state index is 12.4. The number of hydrogen-bond donors (Lipinski definition) is 1. The minimum Gasteiger partial charge on any atom is -0.449 e. The number of nitrogens with zero attached hydrogens (tertiary/aromatic N) is 3. The zero-order valence-electron chi connectivity index (χ0n) is 15.5. The molecule has 9 nitrogen and oxygen atoms in total. The van der Waals surface area contributed by atoms with Crippen LogP contribution >= 0.6 is 0 Å². The first-order valence-electron chi connectivity index (χ1n) is 8.46. The fraction of sp³-hybridized carbons (Fsp3) is 0.211. The van der Waals surface area contributed by atoms with E-state index in [1.807, 2.05) is 31.2 Å². The molecule has 0 saturated heterocycles. The molecule has 0 aliphatic heterocycles. The van der Waals surface area contributed by atoms with Gasteiger partial charge in [-0.2, -0.15) is 0 Å². The van der Waals surface area contributed by atoms with Crippen LogP contribution in [0.25, 0.3) is 11.5 Å². The summed E-state index contributed by atoms with van der Waals surface area (Å²) in [6.07, 6.45) is -0.817. The third kappa shape index (κ3) is 3.98. The summed E-state index contributed by atoms with van der Waals surface area (Å²) in [6, 6.07) is 11.6. The van der Waals surface area contributed by atoms with Crippen molar-refractivity contribution in [2.75, 3.05) is 12.4 Å². The third-order valence-electron chi connectivity index (χ3n) is 4.07. The summed E-state index contributed by atoms with van der Waals surface area (Å²) in [6.45, 7) is 3.55. The standard InChI is InChI=1S/C19H18N4O5/c1-11-4-6-13(7-5-11)18-22-21-17(28-18)12(2)27-19(24)14-8-9-15(20-3)16(10-14)23(25)26/h4-10,12,20H,1-3H3/t12-/m0/s1. The quantitative estimate of drug-likeness (QED) is 0.387. The number of carbonyl (C=O) groups excluding carboxylic acids is 1. The number of nitrogens with one attached hydrogen (secondary N) is 1. The monoisotopic (exact) mass is 382 g/mol. The summed E-state index contributed by atoms with van der Waals surface area (Å²) in [5, 5.41) is 21.7. The third-order valence-corrected chi connectivity index (χ3v) is 4.07. The molecule has 0 bridgehead atoms. The van der Waals surface area contributed by atoms with E-state index in [2.05, 4.69) is 15.5 Å². The van der Waals surface area contributed by atoms with Crippen LogP contribution in [0.2, 0.25) is 0 Å². The lowest BCUT2D eigenvalue weighted by Gasteiger charge is -2.10. The van der Waals surface area contributed by atoms with E-state index < -0.39 is 17.0 Å². The van der Waals surface area contributed by atoms with E-state index >= 15 is 0 Å². The maximum Gasteiger partial charge on any atom is 0.339 e. The molecule has 0 spiro atoms. The van der Waals surface area contributed by atoms with Gasteiger partial charge >= 0.3 is 5.97 Å². The second-order valence-corrected chi connectivity index (χ2v) is 6.10. The highest BCUT2D eigenvalue weighted by atomic mass is 16.6. The number of nitro benzene ring substituents is 1. The molecule has 1 heterocycles. The SMILES string of the molecule is CNc1ccc(C(=O)O[C@@H](C)c2nnc(-c3ccc(C)cc3)o2)cc1[N+](=O)[O-]. The van der Waals surface area contributed by atoms with Crippen molar-refractivity contribution in [2.24, 2.45) is 0 Å². The van der Waals surface area contributed by atoms with Gasteiger partial charge in [0.25, 0.3) is 11.6 Å². The average molecular weight is 382 g/mol. The topological polar surface area (TPSA) is 120 Å². The van der Waals surface area contributed by atoms with Crippen LogP contribution in [-0.4, -0.2) is 28.1 Å². The largest absolute Gasteiger partial charge is 0.449 e. The normalized spacial score (nSPS) is 11.7. The van der Waals surface area contributed by atoms with Crippen molar-refractivity contribution in [3.05, 3.63) is 69.6 Å². The molecule has 1 aromatic heterocycles. The van der Waals surface area contributed by atoms with Gasteiger partial charge in [-0.05, 0) is 38.1 Å². The van der Waals surface area contributed by atoms with Gasteiger partial charge in [-0.1, -0.05) is 17.7 Å². The van der Waals surface area contributed by atoms with Gasteiger partial charge in [0, 0.05) is 18.7 Å². The number of anilines is 1. The molecule has 0 saturated carbocycles. The summed E-state index contributed by atoms with van der Waals surface area (Å²) in [5.74, 6) is -0.287. The summed E-state index contributed by atoms with van der Waals surface area (Å²) in [4.78, 5) is 22.9. The van der Waals surface area contributed by atoms with Crippen molar-refractivity contribution in [2.45, 2.75) is 20.0 Å². The zero-order valence-corrected chi connectivity index (χ0v) is 15.5. The Morgan fingerprint density at radius 2 is 1.93 bits per heavy atom. The molecule has 1 atom stereocenters. The number of rotatable bonds is 6. The molecule has 144 valence electrons. The molecule has 1 N–H and O–H groups in total. The van der Waals surface area contributed by atoms with Gasteiger partial charge in [-0.15, -0.1) is 10.2 Å². The highest BCUT2D eigenvalue weighted by molar-refractivity contribution is 5.91. The fourth-order valence-corrected chi connectivity index (χ4v) is 2.51. The van der Waals surface area contributed by atoms with Gasteiger partial charge in [0.1, 0.15) is 5.69 Å². The van der Waals surface area contributed by atoms with Crippen LogP contribution in [-0.2, 0) is 4.74 Å². The summed E-state index contributed by atoms with van der Waals surface area (Å²) in [7, 11) is 1.56. The van der Waals surface area contributed by atoms with E-state index in [1.54, 1.807) is 14.0 Å². The number of esters is 1. The van der Waals surface area contributed by atoms with Crippen molar-refractivity contribution >= 4 is 17.3 Å². The number of carbonyl (C=O) groups is 1. The molecule has 0 radical (unpaired) electrons. The Morgan fingerprint density at radius 3 is 2.57 bits per heavy atom. The van der Waals surface area contributed by atoms with Gasteiger partial charge in [0.2, 0.25) is 5.89 Å². The number of aryl methyl sites for hydroxylation is 1. The van der Waals surface area contributed by atoms with Crippen LogP contribution < -0.4 is 5.32 Å². The molecular weight excluding hydrogens is 364 g/mol. The number of benzene rings is 2. The molecule has 0 aliphatic carbocycles. The van der Waals surface area contributed by atoms with Crippen molar-refractivity contribution in [3.63, 3.8) is 0 Å². The molecule has 28 heavy (non-hydrogen) atoms.